The molecule has 1 N–H and O–H groups in total. The van der Waals surface area contributed by atoms with Crippen molar-refractivity contribution < 1.29 is 13.7 Å². The number of halogens is 1. The molecule has 1 aromatic carbocycles. The van der Waals surface area contributed by atoms with Crippen LogP contribution in [0.2, 0.25) is 0 Å². The third-order valence-corrected chi connectivity index (χ3v) is 4.28. The molecule has 0 bridgehead atoms. The number of carbonyl (C=O) groups is 1. The van der Waals surface area contributed by atoms with Crippen LogP contribution in [0, 0.1) is 5.82 Å². The molecular formula is C18H17FN6O2. The molecule has 1 fully saturated rings. The van der Waals surface area contributed by atoms with Crippen molar-refractivity contribution in [2.45, 2.75) is 12.5 Å². The minimum Gasteiger partial charge on any atom is -0.351 e. The van der Waals surface area contributed by atoms with Gasteiger partial charge in [-0.1, -0.05) is 17.3 Å². The lowest BCUT2D eigenvalue weighted by atomic mass is 10.0. The van der Waals surface area contributed by atoms with Crippen LogP contribution >= 0.6 is 0 Å². The van der Waals surface area contributed by atoms with E-state index >= 15 is 0 Å². The van der Waals surface area contributed by atoms with Crippen molar-refractivity contribution in [3.05, 3.63) is 60.0 Å². The lowest BCUT2D eigenvalue weighted by molar-refractivity contribution is -0.123. The maximum absolute atomic E-state index is 12.9. The molecule has 1 aliphatic heterocycles. The maximum Gasteiger partial charge on any atom is 0.240 e. The van der Waals surface area contributed by atoms with Crippen molar-refractivity contribution >= 4 is 5.91 Å². The number of nitrogens with zero attached hydrogens (tertiary/aromatic N) is 5. The van der Waals surface area contributed by atoms with Crippen LogP contribution in [0.1, 0.15) is 17.4 Å². The van der Waals surface area contributed by atoms with Gasteiger partial charge in [0.25, 0.3) is 0 Å². The number of carbonyl (C=O) groups excluding carboxylic acids is 1. The summed E-state index contributed by atoms with van der Waals surface area (Å²) in [6.45, 7) is 2.00. The second-order valence-electron chi connectivity index (χ2n) is 6.32. The fourth-order valence-electron chi connectivity index (χ4n) is 2.82. The SMILES string of the molecule is O=C(CN1CC(c2nc(-c3ncccn3)no2)C1)NCc1ccc(F)cc1. The van der Waals surface area contributed by atoms with Gasteiger partial charge in [0.05, 0.1) is 12.5 Å². The fourth-order valence-corrected chi connectivity index (χ4v) is 2.82. The lowest BCUT2D eigenvalue weighted by Gasteiger charge is -2.36. The number of rotatable bonds is 6. The van der Waals surface area contributed by atoms with E-state index in [-0.39, 0.29) is 17.6 Å². The van der Waals surface area contributed by atoms with E-state index in [1.54, 1.807) is 30.6 Å². The van der Waals surface area contributed by atoms with E-state index in [1.165, 1.54) is 12.1 Å². The molecule has 1 amide bonds. The Hall–Kier alpha value is -3.20. The molecule has 0 aliphatic carbocycles. The van der Waals surface area contributed by atoms with Crippen LogP contribution in [0.15, 0.2) is 47.2 Å². The first-order valence-electron chi connectivity index (χ1n) is 8.52. The highest BCUT2D eigenvalue weighted by molar-refractivity contribution is 5.78. The number of aromatic nitrogens is 4. The molecule has 3 heterocycles. The second kappa shape index (κ2) is 7.58. The van der Waals surface area contributed by atoms with E-state index in [0.717, 1.165) is 5.56 Å². The summed E-state index contributed by atoms with van der Waals surface area (Å²) in [5.41, 5.74) is 0.854. The first kappa shape index (κ1) is 17.2. The van der Waals surface area contributed by atoms with Gasteiger partial charge in [0.2, 0.25) is 23.4 Å². The summed E-state index contributed by atoms with van der Waals surface area (Å²) in [7, 11) is 0. The molecule has 8 nitrogen and oxygen atoms in total. The van der Waals surface area contributed by atoms with Gasteiger partial charge in [-0.25, -0.2) is 14.4 Å². The average molecular weight is 368 g/mol. The molecule has 2 aromatic heterocycles. The zero-order chi connectivity index (χ0) is 18.6. The zero-order valence-corrected chi connectivity index (χ0v) is 14.4. The molecule has 0 atom stereocenters. The Kier molecular flexibility index (Phi) is 4.84. The summed E-state index contributed by atoms with van der Waals surface area (Å²) >= 11 is 0. The molecule has 1 aliphatic rings. The molecule has 1 saturated heterocycles. The van der Waals surface area contributed by atoms with Gasteiger partial charge < -0.3 is 9.84 Å². The van der Waals surface area contributed by atoms with Crippen LogP contribution in [0.5, 0.6) is 0 Å². The summed E-state index contributed by atoms with van der Waals surface area (Å²) in [4.78, 5) is 26.5. The molecule has 0 spiro atoms. The normalized spacial score (nSPS) is 14.7. The quantitative estimate of drug-likeness (QED) is 0.702. The molecule has 0 saturated carbocycles. The number of amides is 1. The Bertz CT molecular complexity index is 909. The van der Waals surface area contributed by atoms with E-state index < -0.39 is 0 Å². The molecular weight excluding hydrogens is 351 g/mol. The highest BCUT2D eigenvalue weighted by atomic mass is 19.1. The van der Waals surface area contributed by atoms with Gasteiger partial charge in [0.15, 0.2) is 0 Å². The Morgan fingerprint density at radius 3 is 2.67 bits per heavy atom. The number of benzene rings is 1. The highest BCUT2D eigenvalue weighted by Crippen LogP contribution is 2.26. The van der Waals surface area contributed by atoms with Crippen molar-refractivity contribution in [2.75, 3.05) is 19.6 Å². The molecule has 0 unspecified atom stereocenters. The first-order chi connectivity index (χ1) is 13.2. The van der Waals surface area contributed by atoms with Gasteiger partial charge in [0.1, 0.15) is 5.82 Å². The summed E-state index contributed by atoms with van der Waals surface area (Å²) in [5, 5.41) is 6.74. The maximum atomic E-state index is 12.9. The van der Waals surface area contributed by atoms with Gasteiger partial charge in [-0.2, -0.15) is 4.98 Å². The second-order valence-corrected chi connectivity index (χ2v) is 6.32. The Morgan fingerprint density at radius 2 is 1.93 bits per heavy atom. The number of likely N-dealkylation sites (tertiary alicyclic amines) is 1. The smallest absolute Gasteiger partial charge is 0.240 e. The summed E-state index contributed by atoms with van der Waals surface area (Å²) < 4.78 is 18.2. The van der Waals surface area contributed by atoms with E-state index in [9.17, 15) is 9.18 Å². The third-order valence-electron chi connectivity index (χ3n) is 4.28. The molecule has 9 heteroatoms. The predicted molar refractivity (Wildman–Crippen MR) is 92.8 cm³/mol. The van der Waals surface area contributed by atoms with Crippen LogP contribution in [0.3, 0.4) is 0 Å². The Morgan fingerprint density at radius 1 is 1.19 bits per heavy atom. The van der Waals surface area contributed by atoms with Gasteiger partial charge in [-0.15, -0.1) is 0 Å². The monoisotopic (exact) mass is 368 g/mol. The standard InChI is InChI=1S/C18H17FN6O2/c19-14-4-2-12(3-5-14)8-22-15(26)11-25-9-13(10-25)18-23-17(24-27-18)16-20-6-1-7-21-16/h1-7,13H,8-11H2,(H,22,26). The van der Waals surface area contributed by atoms with Crippen molar-refractivity contribution in [3.63, 3.8) is 0 Å². The minimum atomic E-state index is -0.292. The summed E-state index contributed by atoms with van der Waals surface area (Å²) in [6.07, 6.45) is 3.24. The number of nitrogens with one attached hydrogen (secondary N) is 1. The zero-order valence-electron chi connectivity index (χ0n) is 14.4. The van der Waals surface area contributed by atoms with Crippen LogP contribution in [0.25, 0.3) is 11.6 Å². The van der Waals surface area contributed by atoms with Gasteiger partial charge in [0, 0.05) is 32.0 Å². The Labute approximate surface area is 154 Å². The lowest BCUT2D eigenvalue weighted by Crippen LogP contribution is -2.49. The average Bonchev–Trinajstić information content (AvgIpc) is 3.14. The predicted octanol–water partition coefficient (Wildman–Crippen LogP) is 1.38. The highest BCUT2D eigenvalue weighted by Gasteiger charge is 2.33. The minimum absolute atomic E-state index is 0.0818. The Balaban J connectivity index is 1.23. The third kappa shape index (κ3) is 4.14. The van der Waals surface area contributed by atoms with E-state index in [1.807, 2.05) is 4.90 Å². The van der Waals surface area contributed by atoms with E-state index in [2.05, 4.69) is 25.4 Å². The summed E-state index contributed by atoms with van der Waals surface area (Å²) in [5.74, 6) is 1.03. The van der Waals surface area contributed by atoms with Crippen molar-refractivity contribution in [3.8, 4) is 11.6 Å². The van der Waals surface area contributed by atoms with Crippen molar-refractivity contribution in [1.29, 1.82) is 0 Å². The van der Waals surface area contributed by atoms with Gasteiger partial charge >= 0.3 is 0 Å². The van der Waals surface area contributed by atoms with E-state index in [0.29, 0.717) is 43.7 Å². The largest absolute Gasteiger partial charge is 0.351 e. The van der Waals surface area contributed by atoms with Gasteiger partial charge in [-0.05, 0) is 23.8 Å². The molecule has 0 radical (unpaired) electrons. The molecule has 3 aromatic rings. The first-order valence-corrected chi connectivity index (χ1v) is 8.52. The van der Waals surface area contributed by atoms with Crippen molar-refractivity contribution in [1.82, 2.24) is 30.3 Å². The number of hydrogen-bond donors (Lipinski definition) is 1. The van der Waals surface area contributed by atoms with Gasteiger partial charge in [-0.3, -0.25) is 9.69 Å². The fraction of sp³-hybridized carbons (Fsp3) is 0.278. The molecule has 27 heavy (non-hydrogen) atoms. The van der Waals surface area contributed by atoms with Crippen LogP contribution in [-0.2, 0) is 11.3 Å². The summed E-state index contributed by atoms with van der Waals surface area (Å²) in [6, 6.07) is 7.77. The van der Waals surface area contributed by atoms with Crippen LogP contribution in [-0.4, -0.2) is 50.5 Å². The van der Waals surface area contributed by atoms with Crippen LogP contribution < -0.4 is 5.32 Å². The number of hydrogen-bond acceptors (Lipinski definition) is 7. The topological polar surface area (TPSA) is 97.0 Å². The van der Waals surface area contributed by atoms with Crippen molar-refractivity contribution in [2.24, 2.45) is 0 Å². The van der Waals surface area contributed by atoms with Crippen LogP contribution in [0.4, 0.5) is 4.39 Å². The molecule has 138 valence electrons. The molecule has 4 rings (SSSR count). The van der Waals surface area contributed by atoms with E-state index in [4.69, 9.17) is 4.52 Å².